The molecule has 1 aromatic rings. The maximum atomic E-state index is 11.6. The van der Waals surface area contributed by atoms with Crippen molar-refractivity contribution in [3.05, 3.63) is 37.6 Å². The summed E-state index contributed by atoms with van der Waals surface area (Å²) in [5, 5.41) is 12.5. The molecule has 9 heteroatoms. The first-order valence-electron chi connectivity index (χ1n) is 11.6. The van der Waals surface area contributed by atoms with Crippen LogP contribution in [0.15, 0.2) is 24.3 Å². The van der Waals surface area contributed by atoms with Crippen molar-refractivity contribution in [3.63, 3.8) is 0 Å². The average Bonchev–Trinajstić information content (AvgIpc) is 2.94. The standard InChI is InChI=1S/C24H45BN2OP2.2CO.Ru/c1-21(2,3)29(22(4,5)6)17-26-19-15-13-14-16-20(19)27(25(26)28)18-30(23(7,8)9)24(10,11)12;2*1-2;/h13-16,28H,17-18H2,1-12H3;;;. The fraction of sp³-hybridized carbons (Fsp3) is 0.692. The van der Waals surface area contributed by atoms with Gasteiger partial charge in [-0.3, -0.25) is 0 Å². The third kappa shape index (κ3) is 9.89. The molecule has 1 N–H and O–H groups in total. The number of fused-ring (bicyclic) bond motifs is 1. The zero-order valence-electron chi connectivity index (χ0n) is 23.7. The van der Waals surface area contributed by atoms with Gasteiger partial charge in [0.1, 0.15) is 0 Å². The van der Waals surface area contributed by atoms with Crippen molar-refractivity contribution in [1.82, 2.24) is 0 Å². The van der Waals surface area contributed by atoms with Crippen LogP contribution in [-0.4, -0.2) is 45.4 Å². The Morgan fingerprint density at radius 2 is 0.886 bits per heavy atom. The molecule has 0 saturated heterocycles. The zero-order chi connectivity index (χ0) is 27.3. The third-order valence-corrected chi connectivity index (χ3v) is 13.5. The van der Waals surface area contributed by atoms with Gasteiger partial charge in [-0.2, -0.15) is 0 Å². The van der Waals surface area contributed by atoms with E-state index in [1.54, 1.807) is 0 Å². The van der Waals surface area contributed by atoms with Gasteiger partial charge >= 0.3 is 29.8 Å². The van der Waals surface area contributed by atoms with Crippen LogP contribution in [0.4, 0.5) is 11.4 Å². The van der Waals surface area contributed by atoms with E-state index in [4.69, 9.17) is 9.30 Å². The Morgan fingerprint density at radius 3 is 1.09 bits per heavy atom. The molecule has 5 nitrogen and oxygen atoms in total. The van der Waals surface area contributed by atoms with Crippen LogP contribution in [0.25, 0.3) is 0 Å². The molecule has 0 bridgehead atoms. The summed E-state index contributed by atoms with van der Waals surface area (Å²) in [5.41, 5.74) is 2.37. The normalized spacial score (nSPS) is 14.0. The van der Waals surface area contributed by atoms with Gasteiger partial charge < -0.3 is 14.6 Å². The molecule has 1 aromatic carbocycles. The van der Waals surface area contributed by atoms with Crippen molar-refractivity contribution < 1.29 is 33.8 Å². The number of anilines is 2. The minimum absolute atomic E-state index is 0. The Labute approximate surface area is 231 Å². The summed E-state index contributed by atoms with van der Waals surface area (Å²) in [6.45, 7) is 37.3. The molecule has 0 aliphatic carbocycles. The number of benzene rings is 1. The molecule has 0 saturated carbocycles. The minimum atomic E-state index is -0.591. The maximum Gasteiger partial charge on any atom is 0 e. The van der Waals surface area contributed by atoms with Crippen LogP contribution in [0.3, 0.4) is 0 Å². The van der Waals surface area contributed by atoms with Crippen molar-refractivity contribution in [2.75, 3.05) is 22.2 Å². The largest absolute Gasteiger partial charge is 0 e. The van der Waals surface area contributed by atoms with Gasteiger partial charge in [-0.1, -0.05) is 111 Å². The number of rotatable bonds is 4. The van der Waals surface area contributed by atoms with E-state index in [1.807, 2.05) is 0 Å². The number of hydrogen-bond acceptors (Lipinski definition) is 3. The second-order valence-electron chi connectivity index (χ2n) is 12.6. The molecule has 2 rings (SSSR count). The Balaban J connectivity index is 0. The molecule has 1 heterocycles. The van der Waals surface area contributed by atoms with Crippen LogP contribution < -0.4 is 9.62 Å². The van der Waals surface area contributed by atoms with Crippen LogP contribution in [0, 0.1) is 13.3 Å². The Morgan fingerprint density at radius 1 is 0.657 bits per heavy atom. The number of hydrogen-bond donors (Lipinski definition) is 1. The topological polar surface area (TPSA) is 66.5 Å². The summed E-state index contributed by atoms with van der Waals surface area (Å²) in [5.74, 6) is 0. The molecule has 1 aliphatic heterocycles. The number of nitrogens with zero attached hydrogens (tertiary/aromatic N) is 2. The first-order valence-corrected chi connectivity index (χ1v) is 14.7. The van der Waals surface area contributed by atoms with Gasteiger partial charge in [0.25, 0.3) is 0 Å². The minimum Gasteiger partial charge on any atom is 0 e. The molecule has 198 valence electrons. The molecular formula is C26H45BN2O3P2Ru. The van der Waals surface area contributed by atoms with Gasteiger partial charge in [0.05, 0.1) is 11.4 Å². The Hall–Kier alpha value is -0.192. The summed E-state index contributed by atoms with van der Waals surface area (Å²) in [6.07, 6.45) is 1.83. The second kappa shape index (κ2) is 14.1. The van der Waals surface area contributed by atoms with Crippen molar-refractivity contribution in [2.45, 2.75) is 104 Å². The predicted octanol–water partition coefficient (Wildman–Crippen LogP) is 7.29. The molecule has 0 unspecified atom stereocenters. The summed E-state index contributed by atoms with van der Waals surface area (Å²) < 4.78 is 15.0. The SMILES string of the molecule is CC(C)(C)P(CN1B(O)N(CP(C(C)(C)C)C(C)(C)C)c2ccccc21)C(C)(C)C.[C-]#[O+].[C-]#[O+].[Ru]. The first kappa shape index (κ1) is 37.0. The molecule has 0 fully saturated rings. The van der Waals surface area contributed by atoms with Gasteiger partial charge in [-0.25, -0.2) is 0 Å². The van der Waals surface area contributed by atoms with E-state index >= 15 is 0 Å². The first-order chi connectivity index (χ1) is 15.3. The molecule has 0 atom stereocenters. The van der Waals surface area contributed by atoms with Crippen LogP contribution in [0.2, 0.25) is 0 Å². The van der Waals surface area contributed by atoms with Crippen molar-refractivity contribution in [3.8, 4) is 0 Å². The van der Waals surface area contributed by atoms with E-state index in [-0.39, 0.29) is 55.9 Å². The van der Waals surface area contributed by atoms with E-state index in [2.05, 4.69) is 130 Å². The maximum absolute atomic E-state index is 11.6. The molecule has 0 spiro atoms. The van der Waals surface area contributed by atoms with E-state index < -0.39 is 7.19 Å². The summed E-state index contributed by atoms with van der Waals surface area (Å²) in [7, 11) is -1.28. The second-order valence-corrected chi connectivity index (χ2v) is 20.2. The quantitative estimate of drug-likeness (QED) is 0.169. The van der Waals surface area contributed by atoms with Gasteiger partial charge in [0.15, 0.2) is 0 Å². The molecule has 0 aromatic heterocycles. The van der Waals surface area contributed by atoms with Crippen molar-refractivity contribution in [1.29, 1.82) is 0 Å². The third-order valence-electron chi connectivity index (χ3n) is 5.88. The van der Waals surface area contributed by atoms with Crippen molar-refractivity contribution >= 4 is 34.4 Å². The van der Waals surface area contributed by atoms with Gasteiger partial charge in [-0.05, 0) is 32.8 Å². The summed E-state index contributed by atoms with van der Waals surface area (Å²) >= 11 is 0. The fourth-order valence-electron chi connectivity index (χ4n) is 4.83. The van der Waals surface area contributed by atoms with Crippen molar-refractivity contribution in [2.24, 2.45) is 0 Å². The van der Waals surface area contributed by atoms with Gasteiger partial charge in [0.2, 0.25) is 0 Å². The van der Waals surface area contributed by atoms with Gasteiger partial charge in [0, 0.05) is 32.0 Å². The molecule has 0 radical (unpaired) electrons. The Bertz CT molecular complexity index is 729. The van der Waals surface area contributed by atoms with E-state index in [0.717, 1.165) is 12.6 Å². The smallest absolute Gasteiger partial charge is 0 e. The molecular weight excluding hydrogens is 562 g/mol. The molecule has 35 heavy (non-hydrogen) atoms. The van der Waals surface area contributed by atoms with Crippen LogP contribution >= 0.6 is 15.8 Å². The predicted molar refractivity (Wildman–Crippen MR) is 150 cm³/mol. The monoisotopic (exact) mass is 608 g/mol. The summed E-state index contributed by atoms with van der Waals surface area (Å²) in [4.78, 5) is 4.55. The van der Waals surface area contributed by atoms with E-state index in [0.29, 0.717) is 0 Å². The van der Waals surface area contributed by atoms with Crippen LogP contribution in [0.5, 0.6) is 0 Å². The van der Waals surface area contributed by atoms with Gasteiger partial charge in [-0.15, -0.1) is 0 Å². The van der Waals surface area contributed by atoms with Crippen LogP contribution in [0.1, 0.15) is 83.1 Å². The average molecular weight is 607 g/mol. The molecule has 1 aliphatic rings. The van der Waals surface area contributed by atoms with E-state index in [9.17, 15) is 5.02 Å². The zero-order valence-corrected chi connectivity index (χ0v) is 27.2. The number of para-hydroxylation sites is 2. The fourth-order valence-corrected chi connectivity index (χ4v) is 11.8. The van der Waals surface area contributed by atoms with Crippen LogP contribution in [-0.2, 0) is 28.8 Å². The Kier molecular flexibility index (Phi) is 14.9. The molecule has 0 amide bonds. The summed E-state index contributed by atoms with van der Waals surface area (Å²) in [6, 6.07) is 8.59. The van der Waals surface area contributed by atoms with E-state index in [1.165, 1.54) is 11.4 Å².